The maximum Gasteiger partial charge on any atom is 0.119 e. The van der Waals surface area contributed by atoms with E-state index in [1.807, 2.05) is 36.5 Å². The van der Waals surface area contributed by atoms with E-state index >= 15 is 0 Å². The number of aryl methyl sites for hydroxylation is 1. The van der Waals surface area contributed by atoms with Crippen molar-refractivity contribution in [1.82, 2.24) is 4.98 Å². The van der Waals surface area contributed by atoms with Crippen molar-refractivity contribution in [3.05, 3.63) is 59.4 Å². The zero-order valence-electron chi connectivity index (χ0n) is 14.8. The van der Waals surface area contributed by atoms with E-state index < -0.39 is 0 Å². The molecule has 0 spiro atoms. The molecular weight excluding hydrogens is 294 g/mol. The lowest BCUT2D eigenvalue weighted by Gasteiger charge is -2.05. The van der Waals surface area contributed by atoms with Crippen molar-refractivity contribution >= 4 is 0 Å². The Kier molecular flexibility index (Phi) is 7.90. The van der Waals surface area contributed by atoms with Gasteiger partial charge in [0.25, 0.3) is 0 Å². The van der Waals surface area contributed by atoms with Crippen LogP contribution in [0.4, 0.5) is 0 Å². The van der Waals surface area contributed by atoms with E-state index in [1.165, 1.54) is 24.8 Å². The first kappa shape index (κ1) is 18.1. The zero-order chi connectivity index (χ0) is 17.0. The van der Waals surface area contributed by atoms with E-state index in [2.05, 4.69) is 36.7 Å². The first-order valence-corrected chi connectivity index (χ1v) is 9.01. The Morgan fingerprint density at radius 2 is 1.71 bits per heavy atom. The minimum Gasteiger partial charge on any atom is -0.494 e. The molecule has 0 aliphatic carbocycles. The Bertz CT molecular complexity index is 647. The zero-order valence-corrected chi connectivity index (χ0v) is 14.8. The molecule has 0 saturated heterocycles. The number of nitrogens with zero attached hydrogens (tertiary/aromatic N) is 1. The SMILES string of the molecule is CCCCCCOc1ccc(C#Cc2ccc(CCC)cn2)cc1. The molecule has 24 heavy (non-hydrogen) atoms. The topological polar surface area (TPSA) is 22.1 Å². The predicted molar refractivity (Wildman–Crippen MR) is 100 cm³/mol. The molecule has 1 aromatic heterocycles. The first-order chi connectivity index (χ1) is 11.8. The molecule has 126 valence electrons. The quantitative estimate of drug-likeness (QED) is 0.480. The molecule has 0 fully saturated rings. The minimum absolute atomic E-state index is 0.791. The monoisotopic (exact) mass is 321 g/mol. The van der Waals surface area contributed by atoms with Crippen LogP contribution in [0.5, 0.6) is 5.75 Å². The Morgan fingerprint density at radius 3 is 2.38 bits per heavy atom. The molecule has 2 rings (SSSR count). The molecule has 2 aromatic rings. The van der Waals surface area contributed by atoms with Crippen molar-refractivity contribution < 1.29 is 4.74 Å². The number of unbranched alkanes of at least 4 members (excludes halogenated alkanes) is 3. The summed E-state index contributed by atoms with van der Waals surface area (Å²) in [5.74, 6) is 7.19. The summed E-state index contributed by atoms with van der Waals surface area (Å²) in [6.07, 6.45) is 9.03. The fraction of sp³-hybridized carbons (Fsp3) is 0.409. The average Bonchev–Trinajstić information content (AvgIpc) is 2.62. The van der Waals surface area contributed by atoms with Crippen LogP contribution in [0.1, 0.15) is 62.8 Å². The van der Waals surface area contributed by atoms with Crippen LogP contribution in [0.2, 0.25) is 0 Å². The summed E-state index contributed by atoms with van der Waals surface area (Å²) in [5, 5.41) is 0. The van der Waals surface area contributed by atoms with Crippen molar-refractivity contribution in [2.75, 3.05) is 6.61 Å². The number of aromatic nitrogens is 1. The summed E-state index contributed by atoms with van der Waals surface area (Å²) >= 11 is 0. The molecule has 0 atom stereocenters. The number of benzene rings is 1. The van der Waals surface area contributed by atoms with Gasteiger partial charge in [0.1, 0.15) is 11.4 Å². The van der Waals surface area contributed by atoms with Crippen molar-refractivity contribution in [2.45, 2.75) is 52.4 Å². The lowest BCUT2D eigenvalue weighted by molar-refractivity contribution is 0.305. The van der Waals surface area contributed by atoms with E-state index in [0.29, 0.717) is 0 Å². The van der Waals surface area contributed by atoms with Gasteiger partial charge in [-0.3, -0.25) is 0 Å². The van der Waals surface area contributed by atoms with Crippen LogP contribution in [-0.2, 0) is 6.42 Å². The predicted octanol–water partition coefficient (Wildman–Crippen LogP) is 5.39. The van der Waals surface area contributed by atoms with Crippen LogP contribution in [0, 0.1) is 11.8 Å². The summed E-state index contributed by atoms with van der Waals surface area (Å²) in [4.78, 5) is 4.40. The number of pyridine rings is 1. The van der Waals surface area contributed by atoms with Crippen molar-refractivity contribution in [3.8, 4) is 17.6 Å². The van der Waals surface area contributed by atoms with E-state index in [0.717, 1.165) is 42.9 Å². The van der Waals surface area contributed by atoms with Crippen molar-refractivity contribution in [2.24, 2.45) is 0 Å². The molecule has 0 N–H and O–H groups in total. The summed E-state index contributed by atoms with van der Waals surface area (Å²) in [7, 11) is 0. The summed E-state index contributed by atoms with van der Waals surface area (Å²) in [6.45, 7) is 5.18. The van der Waals surface area contributed by atoms with Crippen LogP contribution in [0.25, 0.3) is 0 Å². The third kappa shape index (κ3) is 6.46. The summed E-state index contributed by atoms with van der Waals surface area (Å²) in [5.41, 5.74) is 3.06. The summed E-state index contributed by atoms with van der Waals surface area (Å²) < 4.78 is 5.75. The largest absolute Gasteiger partial charge is 0.494 e. The van der Waals surface area contributed by atoms with Gasteiger partial charge in [-0.05, 0) is 54.7 Å². The molecule has 0 saturated carbocycles. The van der Waals surface area contributed by atoms with Gasteiger partial charge < -0.3 is 4.74 Å². The molecule has 0 aliphatic rings. The van der Waals surface area contributed by atoms with Gasteiger partial charge in [-0.25, -0.2) is 4.98 Å². The maximum absolute atomic E-state index is 5.75. The lowest BCUT2D eigenvalue weighted by atomic mass is 10.1. The highest BCUT2D eigenvalue weighted by Crippen LogP contribution is 2.12. The fourth-order valence-electron chi connectivity index (χ4n) is 2.42. The van der Waals surface area contributed by atoms with E-state index in [4.69, 9.17) is 4.74 Å². The standard InChI is InChI=1S/C22H27NO/c1-3-5-6-7-17-24-22-15-11-19(12-16-22)9-13-21-14-10-20(8-4-2)18-23-21/h10-12,14-16,18H,3-8,17H2,1-2H3. The van der Waals surface area contributed by atoms with E-state index in [1.54, 1.807) is 0 Å². The second kappa shape index (κ2) is 10.5. The number of hydrogen-bond donors (Lipinski definition) is 0. The molecule has 0 amide bonds. The molecule has 0 unspecified atom stereocenters. The molecular formula is C22H27NO. The molecule has 2 nitrogen and oxygen atoms in total. The van der Waals surface area contributed by atoms with Gasteiger partial charge in [0.05, 0.1) is 6.61 Å². The Balaban J connectivity index is 1.85. The van der Waals surface area contributed by atoms with Gasteiger partial charge in [-0.2, -0.15) is 0 Å². The smallest absolute Gasteiger partial charge is 0.119 e. The van der Waals surface area contributed by atoms with Crippen LogP contribution in [-0.4, -0.2) is 11.6 Å². The number of rotatable bonds is 8. The highest BCUT2D eigenvalue weighted by Gasteiger charge is 1.95. The van der Waals surface area contributed by atoms with Crippen LogP contribution in [0.15, 0.2) is 42.6 Å². The molecule has 0 radical (unpaired) electrons. The number of hydrogen-bond acceptors (Lipinski definition) is 2. The highest BCUT2D eigenvalue weighted by atomic mass is 16.5. The summed E-state index contributed by atoms with van der Waals surface area (Å²) in [6, 6.07) is 12.1. The number of ether oxygens (including phenoxy) is 1. The van der Waals surface area contributed by atoms with Gasteiger partial charge in [-0.1, -0.05) is 51.5 Å². The van der Waals surface area contributed by atoms with Gasteiger partial charge in [0.15, 0.2) is 0 Å². The second-order valence-corrected chi connectivity index (χ2v) is 5.99. The first-order valence-electron chi connectivity index (χ1n) is 9.01. The average molecular weight is 321 g/mol. The molecule has 1 heterocycles. The van der Waals surface area contributed by atoms with Crippen LogP contribution >= 0.6 is 0 Å². The Morgan fingerprint density at radius 1 is 0.875 bits per heavy atom. The molecule has 0 aliphatic heterocycles. The lowest BCUT2D eigenvalue weighted by Crippen LogP contribution is -1.96. The van der Waals surface area contributed by atoms with Gasteiger partial charge >= 0.3 is 0 Å². The molecule has 2 heteroatoms. The molecule has 0 bridgehead atoms. The molecule has 1 aromatic carbocycles. The maximum atomic E-state index is 5.75. The Hall–Kier alpha value is -2.27. The van der Waals surface area contributed by atoms with Crippen LogP contribution < -0.4 is 4.74 Å². The van der Waals surface area contributed by atoms with E-state index in [-0.39, 0.29) is 0 Å². The van der Waals surface area contributed by atoms with Gasteiger partial charge in [0, 0.05) is 11.8 Å². The Labute approximate surface area is 146 Å². The van der Waals surface area contributed by atoms with Crippen molar-refractivity contribution in [1.29, 1.82) is 0 Å². The minimum atomic E-state index is 0.791. The second-order valence-electron chi connectivity index (χ2n) is 5.99. The van der Waals surface area contributed by atoms with Gasteiger partial charge in [-0.15, -0.1) is 0 Å². The van der Waals surface area contributed by atoms with Crippen molar-refractivity contribution in [3.63, 3.8) is 0 Å². The van der Waals surface area contributed by atoms with Crippen LogP contribution in [0.3, 0.4) is 0 Å². The third-order valence-corrected chi connectivity index (χ3v) is 3.82. The fourth-order valence-corrected chi connectivity index (χ4v) is 2.42. The third-order valence-electron chi connectivity index (χ3n) is 3.82. The highest BCUT2D eigenvalue weighted by molar-refractivity contribution is 5.42. The van der Waals surface area contributed by atoms with Gasteiger partial charge in [0.2, 0.25) is 0 Å². The van der Waals surface area contributed by atoms with E-state index in [9.17, 15) is 0 Å². The normalized spacial score (nSPS) is 10.1.